The average molecular weight is 328 g/mol. The van der Waals surface area contributed by atoms with Crippen molar-refractivity contribution in [1.82, 2.24) is 4.98 Å². The van der Waals surface area contributed by atoms with Crippen molar-refractivity contribution < 1.29 is 0 Å². The van der Waals surface area contributed by atoms with Gasteiger partial charge in [-0.15, -0.1) is 0 Å². The van der Waals surface area contributed by atoms with Crippen LogP contribution in [0.3, 0.4) is 0 Å². The molecule has 0 N–H and O–H groups in total. The number of nitrogens with zero attached hydrogens (tertiary/aromatic N) is 2. The molecule has 2 aromatic carbocycles. The molecule has 1 aromatic heterocycles. The molecular formula is C21H20N2Si. The smallest absolute Gasteiger partial charge is 0.0991 e. The third-order valence-electron chi connectivity index (χ3n) is 4.13. The number of benzene rings is 2. The zero-order valence-corrected chi connectivity index (χ0v) is 15.2. The summed E-state index contributed by atoms with van der Waals surface area (Å²) in [6, 6.07) is 22.5. The number of hydrogen-bond acceptors (Lipinski definition) is 2. The minimum atomic E-state index is -1.44. The summed E-state index contributed by atoms with van der Waals surface area (Å²) in [5.74, 6) is 0. The van der Waals surface area contributed by atoms with Crippen molar-refractivity contribution in [2.75, 3.05) is 0 Å². The Hall–Kier alpha value is -2.70. The van der Waals surface area contributed by atoms with Crippen molar-refractivity contribution in [3.63, 3.8) is 0 Å². The molecule has 0 spiro atoms. The van der Waals surface area contributed by atoms with Gasteiger partial charge < -0.3 is 0 Å². The standard InChI is InChI=1S/C21H20N2Si/c1-24(2,3)19-13-20(17-7-5-4-6-8-17)21(23-15-19)18-11-9-16(14-22)10-12-18/h4-13,15H,1-3H3. The molecule has 2 nitrogen and oxygen atoms in total. The van der Waals surface area contributed by atoms with Crippen LogP contribution in [-0.4, -0.2) is 13.1 Å². The van der Waals surface area contributed by atoms with Crippen LogP contribution in [0.4, 0.5) is 0 Å². The van der Waals surface area contributed by atoms with E-state index in [1.54, 1.807) is 0 Å². The van der Waals surface area contributed by atoms with E-state index >= 15 is 0 Å². The van der Waals surface area contributed by atoms with E-state index in [-0.39, 0.29) is 0 Å². The normalized spacial score (nSPS) is 11.1. The first-order valence-corrected chi connectivity index (χ1v) is 11.6. The molecule has 0 aliphatic rings. The molecule has 24 heavy (non-hydrogen) atoms. The first-order chi connectivity index (χ1) is 11.5. The van der Waals surface area contributed by atoms with Crippen LogP contribution in [-0.2, 0) is 0 Å². The lowest BCUT2D eigenvalue weighted by atomic mass is 9.99. The Morgan fingerprint density at radius 2 is 1.54 bits per heavy atom. The number of nitriles is 1. The summed E-state index contributed by atoms with van der Waals surface area (Å²) in [5.41, 5.74) is 4.99. The molecule has 1 heterocycles. The Bertz CT molecular complexity index is 886. The molecule has 0 bridgehead atoms. The lowest BCUT2D eigenvalue weighted by molar-refractivity contribution is 1.33. The molecule has 0 radical (unpaired) electrons. The summed E-state index contributed by atoms with van der Waals surface area (Å²) >= 11 is 0. The Labute approximate surface area is 144 Å². The molecule has 0 saturated heterocycles. The lowest BCUT2D eigenvalue weighted by Crippen LogP contribution is -2.38. The predicted molar refractivity (Wildman–Crippen MR) is 103 cm³/mol. The number of pyridine rings is 1. The van der Waals surface area contributed by atoms with Gasteiger partial charge in [0.2, 0.25) is 0 Å². The lowest BCUT2D eigenvalue weighted by Gasteiger charge is -2.19. The van der Waals surface area contributed by atoms with E-state index in [9.17, 15) is 0 Å². The summed E-state index contributed by atoms with van der Waals surface area (Å²) in [5, 5.41) is 10.3. The van der Waals surface area contributed by atoms with Gasteiger partial charge in [0.15, 0.2) is 0 Å². The Balaban J connectivity index is 2.20. The topological polar surface area (TPSA) is 36.7 Å². The maximum Gasteiger partial charge on any atom is 0.0991 e. The maximum absolute atomic E-state index is 9.00. The van der Waals surface area contributed by atoms with Gasteiger partial charge in [0.05, 0.1) is 25.4 Å². The zero-order valence-electron chi connectivity index (χ0n) is 14.2. The summed E-state index contributed by atoms with van der Waals surface area (Å²) in [6.45, 7) is 7.00. The number of aromatic nitrogens is 1. The van der Waals surface area contributed by atoms with Crippen LogP contribution in [0.1, 0.15) is 5.56 Å². The van der Waals surface area contributed by atoms with Gasteiger partial charge in [0.1, 0.15) is 0 Å². The predicted octanol–water partition coefficient (Wildman–Crippen LogP) is 4.83. The first-order valence-electron chi connectivity index (χ1n) is 8.05. The van der Waals surface area contributed by atoms with Gasteiger partial charge in [-0.1, -0.05) is 68.2 Å². The Morgan fingerprint density at radius 3 is 2.12 bits per heavy atom. The van der Waals surface area contributed by atoms with E-state index in [4.69, 9.17) is 10.2 Å². The van der Waals surface area contributed by atoms with E-state index in [2.05, 4.69) is 56.0 Å². The Kier molecular flexibility index (Phi) is 4.33. The summed E-state index contributed by atoms with van der Waals surface area (Å²) in [6.07, 6.45) is 2.02. The van der Waals surface area contributed by atoms with E-state index in [0.29, 0.717) is 5.56 Å². The minimum absolute atomic E-state index is 0.665. The summed E-state index contributed by atoms with van der Waals surface area (Å²) < 4.78 is 0. The van der Waals surface area contributed by atoms with Gasteiger partial charge >= 0.3 is 0 Å². The fraction of sp³-hybridized carbons (Fsp3) is 0.143. The second-order valence-corrected chi connectivity index (χ2v) is 12.0. The molecule has 0 unspecified atom stereocenters. The van der Waals surface area contributed by atoms with E-state index in [0.717, 1.165) is 16.8 Å². The fourth-order valence-electron chi connectivity index (χ4n) is 2.65. The van der Waals surface area contributed by atoms with Gasteiger partial charge in [-0.3, -0.25) is 4.98 Å². The fourth-order valence-corrected chi connectivity index (χ4v) is 3.67. The third kappa shape index (κ3) is 3.29. The van der Waals surface area contributed by atoms with Crippen molar-refractivity contribution in [2.45, 2.75) is 19.6 Å². The molecule has 0 fully saturated rings. The van der Waals surface area contributed by atoms with Crippen molar-refractivity contribution >= 4 is 13.3 Å². The highest BCUT2D eigenvalue weighted by molar-refractivity contribution is 6.88. The van der Waals surface area contributed by atoms with Crippen LogP contribution < -0.4 is 5.19 Å². The highest BCUT2D eigenvalue weighted by atomic mass is 28.3. The number of rotatable bonds is 3. The largest absolute Gasteiger partial charge is 0.256 e. The average Bonchev–Trinajstić information content (AvgIpc) is 2.61. The molecule has 118 valence electrons. The van der Waals surface area contributed by atoms with Gasteiger partial charge in [-0.2, -0.15) is 5.26 Å². The molecule has 3 rings (SSSR count). The second-order valence-electron chi connectivity index (χ2n) is 6.93. The summed E-state index contributed by atoms with van der Waals surface area (Å²) in [7, 11) is -1.44. The number of hydrogen-bond donors (Lipinski definition) is 0. The third-order valence-corrected chi connectivity index (χ3v) is 6.13. The van der Waals surface area contributed by atoms with Crippen molar-refractivity contribution in [1.29, 1.82) is 5.26 Å². The minimum Gasteiger partial charge on any atom is -0.256 e. The van der Waals surface area contributed by atoms with E-state index in [1.807, 2.05) is 36.5 Å². The van der Waals surface area contributed by atoms with Crippen LogP contribution in [0.5, 0.6) is 0 Å². The zero-order chi connectivity index (χ0) is 17.2. The van der Waals surface area contributed by atoms with Crippen LogP contribution in [0.25, 0.3) is 22.4 Å². The van der Waals surface area contributed by atoms with E-state index < -0.39 is 8.07 Å². The van der Waals surface area contributed by atoms with Crippen molar-refractivity contribution in [3.8, 4) is 28.5 Å². The highest BCUT2D eigenvalue weighted by Crippen LogP contribution is 2.30. The second kappa shape index (κ2) is 6.43. The van der Waals surface area contributed by atoms with Crippen LogP contribution in [0.2, 0.25) is 19.6 Å². The van der Waals surface area contributed by atoms with Gasteiger partial charge in [0.25, 0.3) is 0 Å². The van der Waals surface area contributed by atoms with Gasteiger partial charge in [-0.05, 0) is 22.9 Å². The van der Waals surface area contributed by atoms with E-state index in [1.165, 1.54) is 10.8 Å². The van der Waals surface area contributed by atoms with Crippen LogP contribution >= 0.6 is 0 Å². The molecule has 0 amide bonds. The quantitative estimate of drug-likeness (QED) is 0.646. The Morgan fingerprint density at radius 1 is 0.875 bits per heavy atom. The van der Waals surface area contributed by atoms with Crippen molar-refractivity contribution in [2.24, 2.45) is 0 Å². The highest BCUT2D eigenvalue weighted by Gasteiger charge is 2.19. The molecule has 0 aliphatic heterocycles. The summed E-state index contributed by atoms with van der Waals surface area (Å²) in [4.78, 5) is 4.80. The van der Waals surface area contributed by atoms with Gasteiger partial charge in [-0.25, -0.2) is 0 Å². The van der Waals surface area contributed by atoms with Crippen molar-refractivity contribution in [3.05, 3.63) is 72.4 Å². The molecular weight excluding hydrogens is 308 g/mol. The molecule has 0 atom stereocenters. The molecule has 0 aliphatic carbocycles. The monoisotopic (exact) mass is 328 g/mol. The van der Waals surface area contributed by atoms with Crippen LogP contribution in [0.15, 0.2) is 66.9 Å². The maximum atomic E-state index is 9.00. The molecule has 0 saturated carbocycles. The molecule has 3 aromatic rings. The first kappa shape index (κ1) is 16.2. The van der Waals surface area contributed by atoms with Gasteiger partial charge in [0, 0.05) is 17.3 Å². The van der Waals surface area contributed by atoms with Crippen LogP contribution in [0, 0.1) is 11.3 Å². The molecule has 3 heteroatoms. The SMILES string of the molecule is C[Si](C)(C)c1cnc(-c2ccc(C#N)cc2)c(-c2ccccc2)c1.